The van der Waals surface area contributed by atoms with Crippen LogP contribution in [0.15, 0.2) is 28.7 Å². The second kappa shape index (κ2) is 6.18. The molecule has 1 heterocycles. The van der Waals surface area contributed by atoms with Crippen molar-refractivity contribution < 1.29 is 13.2 Å². The van der Waals surface area contributed by atoms with Crippen LogP contribution in [0.1, 0.15) is 42.0 Å². The van der Waals surface area contributed by atoms with Gasteiger partial charge in [-0.3, -0.25) is 0 Å². The van der Waals surface area contributed by atoms with Crippen LogP contribution in [0.4, 0.5) is 8.78 Å². The van der Waals surface area contributed by atoms with E-state index in [4.69, 9.17) is 4.42 Å². The predicted octanol–water partition coefficient (Wildman–Crippen LogP) is 4.26. The summed E-state index contributed by atoms with van der Waals surface area (Å²) in [6.45, 7) is 6.59. The van der Waals surface area contributed by atoms with Gasteiger partial charge in [-0.15, -0.1) is 0 Å². The maximum absolute atomic E-state index is 13.5. The highest BCUT2D eigenvalue weighted by Crippen LogP contribution is 2.28. The summed E-state index contributed by atoms with van der Waals surface area (Å²) in [5.41, 5.74) is 1.66. The first-order valence-electron chi connectivity index (χ1n) is 6.78. The minimum absolute atomic E-state index is 0.192. The van der Waals surface area contributed by atoms with E-state index in [-0.39, 0.29) is 6.04 Å². The molecule has 1 aromatic heterocycles. The van der Waals surface area contributed by atoms with Gasteiger partial charge in [-0.2, -0.15) is 0 Å². The molecule has 1 unspecified atom stereocenters. The van der Waals surface area contributed by atoms with Crippen molar-refractivity contribution in [2.24, 2.45) is 0 Å². The van der Waals surface area contributed by atoms with Crippen LogP contribution in [-0.4, -0.2) is 6.54 Å². The summed E-state index contributed by atoms with van der Waals surface area (Å²) < 4.78 is 32.1. The van der Waals surface area contributed by atoms with E-state index in [2.05, 4.69) is 12.2 Å². The smallest absolute Gasteiger partial charge is 0.159 e. The number of halogens is 2. The monoisotopic (exact) mass is 279 g/mol. The molecule has 0 bridgehead atoms. The van der Waals surface area contributed by atoms with E-state index in [9.17, 15) is 8.78 Å². The lowest BCUT2D eigenvalue weighted by molar-refractivity contribution is 0.490. The first-order valence-corrected chi connectivity index (χ1v) is 6.78. The van der Waals surface area contributed by atoms with Crippen molar-refractivity contribution in [2.45, 2.75) is 33.2 Å². The Kier molecular flexibility index (Phi) is 4.55. The van der Waals surface area contributed by atoms with E-state index in [0.29, 0.717) is 5.56 Å². The third-order valence-corrected chi connectivity index (χ3v) is 3.27. The Labute approximate surface area is 117 Å². The molecule has 1 atom stereocenters. The van der Waals surface area contributed by atoms with Crippen LogP contribution in [0, 0.1) is 25.5 Å². The molecular formula is C16H19F2NO. The fraction of sp³-hybridized carbons (Fsp3) is 0.375. The first-order chi connectivity index (χ1) is 9.52. The fourth-order valence-corrected chi connectivity index (χ4v) is 2.33. The Morgan fingerprint density at radius 1 is 1.15 bits per heavy atom. The quantitative estimate of drug-likeness (QED) is 0.884. The Balaban J connectivity index is 2.41. The number of aryl methyl sites for hydroxylation is 2. The second-order valence-corrected chi connectivity index (χ2v) is 4.93. The number of furan rings is 1. The van der Waals surface area contributed by atoms with Crippen LogP contribution >= 0.6 is 0 Å². The van der Waals surface area contributed by atoms with Gasteiger partial charge in [-0.1, -0.05) is 13.0 Å². The average Bonchev–Trinajstić information content (AvgIpc) is 2.73. The maximum Gasteiger partial charge on any atom is 0.159 e. The highest BCUT2D eigenvalue weighted by atomic mass is 19.2. The zero-order valence-corrected chi connectivity index (χ0v) is 12.0. The number of benzene rings is 1. The summed E-state index contributed by atoms with van der Waals surface area (Å²) in [5, 5.41) is 3.35. The lowest BCUT2D eigenvalue weighted by atomic mass is 9.98. The Bertz CT molecular complexity index is 592. The van der Waals surface area contributed by atoms with Crippen LogP contribution < -0.4 is 5.32 Å². The van der Waals surface area contributed by atoms with E-state index < -0.39 is 11.6 Å². The third-order valence-electron chi connectivity index (χ3n) is 3.27. The normalized spacial score (nSPS) is 12.7. The minimum Gasteiger partial charge on any atom is -0.466 e. The van der Waals surface area contributed by atoms with Crippen molar-refractivity contribution in [3.05, 3.63) is 58.5 Å². The van der Waals surface area contributed by atoms with Crippen molar-refractivity contribution >= 4 is 0 Å². The Morgan fingerprint density at radius 2 is 1.90 bits per heavy atom. The molecule has 0 aliphatic rings. The summed E-state index contributed by atoms with van der Waals surface area (Å²) in [5.74, 6) is -0.0593. The van der Waals surface area contributed by atoms with Gasteiger partial charge in [0.05, 0.1) is 6.04 Å². The molecule has 2 aromatic rings. The minimum atomic E-state index is -0.830. The molecule has 0 radical (unpaired) electrons. The van der Waals surface area contributed by atoms with Gasteiger partial charge in [0.15, 0.2) is 11.6 Å². The Morgan fingerprint density at radius 3 is 2.45 bits per heavy atom. The summed E-state index contributed by atoms with van der Waals surface area (Å²) in [4.78, 5) is 0. The van der Waals surface area contributed by atoms with Gasteiger partial charge in [0.1, 0.15) is 11.5 Å². The predicted molar refractivity (Wildman–Crippen MR) is 74.7 cm³/mol. The van der Waals surface area contributed by atoms with Crippen LogP contribution in [-0.2, 0) is 0 Å². The van der Waals surface area contributed by atoms with E-state index in [1.807, 2.05) is 19.9 Å². The van der Waals surface area contributed by atoms with Gasteiger partial charge in [-0.25, -0.2) is 8.78 Å². The zero-order chi connectivity index (χ0) is 14.7. The molecule has 0 aliphatic carbocycles. The first kappa shape index (κ1) is 14.7. The van der Waals surface area contributed by atoms with Crippen LogP contribution in [0.25, 0.3) is 0 Å². The third kappa shape index (κ3) is 3.07. The molecule has 2 rings (SSSR count). The molecule has 4 heteroatoms. The highest BCUT2D eigenvalue weighted by molar-refractivity contribution is 5.35. The van der Waals surface area contributed by atoms with Gasteiger partial charge in [0.25, 0.3) is 0 Å². The molecule has 0 saturated carbocycles. The van der Waals surface area contributed by atoms with Gasteiger partial charge in [0.2, 0.25) is 0 Å². The molecule has 1 aromatic carbocycles. The Hall–Kier alpha value is -1.68. The fourth-order valence-electron chi connectivity index (χ4n) is 2.33. The van der Waals surface area contributed by atoms with Gasteiger partial charge >= 0.3 is 0 Å². The zero-order valence-electron chi connectivity index (χ0n) is 12.0. The molecule has 1 N–H and O–H groups in total. The molecule has 0 amide bonds. The van der Waals surface area contributed by atoms with Crippen molar-refractivity contribution in [3.8, 4) is 0 Å². The van der Waals surface area contributed by atoms with Gasteiger partial charge < -0.3 is 9.73 Å². The molecule has 0 aliphatic heterocycles. The van der Waals surface area contributed by atoms with E-state index in [1.165, 1.54) is 6.07 Å². The summed E-state index contributed by atoms with van der Waals surface area (Å²) in [6, 6.07) is 5.75. The number of hydrogen-bond acceptors (Lipinski definition) is 2. The molecule has 0 saturated heterocycles. The SMILES string of the molecule is CCCNC(c1ccc(F)c(F)c1)c1cc(C)oc1C. The van der Waals surface area contributed by atoms with Crippen molar-refractivity contribution in [2.75, 3.05) is 6.54 Å². The number of rotatable bonds is 5. The largest absolute Gasteiger partial charge is 0.466 e. The highest BCUT2D eigenvalue weighted by Gasteiger charge is 2.19. The van der Waals surface area contributed by atoms with Crippen LogP contribution in [0.3, 0.4) is 0 Å². The average molecular weight is 279 g/mol. The maximum atomic E-state index is 13.5. The topological polar surface area (TPSA) is 25.2 Å². The van der Waals surface area contributed by atoms with E-state index in [1.54, 1.807) is 6.07 Å². The van der Waals surface area contributed by atoms with E-state index in [0.717, 1.165) is 36.1 Å². The summed E-state index contributed by atoms with van der Waals surface area (Å²) >= 11 is 0. The molecular weight excluding hydrogens is 260 g/mol. The molecule has 0 fully saturated rings. The summed E-state index contributed by atoms with van der Waals surface area (Å²) in [6.07, 6.45) is 0.954. The number of hydrogen-bond donors (Lipinski definition) is 1. The lowest BCUT2D eigenvalue weighted by Crippen LogP contribution is -2.23. The lowest BCUT2D eigenvalue weighted by Gasteiger charge is -2.19. The van der Waals surface area contributed by atoms with Crippen LogP contribution in [0.5, 0.6) is 0 Å². The standard InChI is InChI=1S/C16H19F2NO/c1-4-7-19-16(13-8-10(2)20-11(13)3)12-5-6-14(17)15(18)9-12/h5-6,8-9,16,19H,4,7H2,1-3H3. The molecule has 108 valence electrons. The molecule has 20 heavy (non-hydrogen) atoms. The van der Waals surface area contributed by atoms with Crippen molar-refractivity contribution in [1.82, 2.24) is 5.32 Å². The van der Waals surface area contributed by atoms with Crippen molar-refractivity contribution in [1.29, 1.82) is 0 Å². The van der Waals surface area contributed by atoms with Gasteiger partial charge in [0, 0.05) is 5.56 Å². The number of nitrogens with one attached hydrogen (secondary N) is 1. The van der Waals surface area contributed by atoms with Crippen LogP contribution in [0.2, 0.25) is 0 Å². The molecule has 0 spiro atoms. The van der Waals surface area contributed by atoms with Crippen molar-refractivity contribution in [3.63, 3.8) is 0 Å². The summed E-state index contributed by atoms with van der Waals surface area (Å²) in [7, 11) is 0. The molecule has 2 nitrogen and oxygen atoms in total. The van der Waals surface area contributed by atoms with Gasteiger partial charge in [-0.05, 0) is 50.6 Å². The second-order valence-electron chi connectivity index (χ2n) is 4.93. The van der Waals surface area contributed by atoms with E-state index >= 15 is 0 Å².